The Hall–Kier alpha value is -2.33. The van der Waals surface area contributed by atoms with E-state index in [0.717, 1.165) is 34.0 Å². The van der Waals surface area contributed by atoms with Crippen LogP contribution < -0.4 is 5.32 Å². The second-order valence-electron chi connectivity index (χ2n) is 5.45. The van der Waals surface area contributed by atoms with Crippen molar-refractivity contribution in [3.05, 3.63) is 83.4 Å². The van der Waals surface area contributed by atoms with Crippen molar-refractivity contribution in [2.24, 2.45) is 0 Å². The third kappa shape index (κ3) is 3.22. The van der Waals surface area contributed by atoms with Crippen LogP contribution in [0, 0.1) is 0 Å². The number of alkyl halides is 3. The van der Waals surface area contributed by atoms with Crippen LogP contribution in [0.1, 0.15) is 22.7 Å². The Balaban J connectivity index is 1.97. The van der Waals surface area contributed by atoms with Crippen LogP contribution in [0.4, 0.5) is 13.2 Å². The summed E-state index contributed by atoms with van der Waals surface area (Å²) in [4.78, 5) is 0. The molecule has 1 N–H and O–H groups in total. The standard InChI is InChI=1S/C19H16F3N/c1-23-18(14-8-10-17(11-9-14)19(20,21)22)16-7-6-13-4-2-3-5-15(13)12-16/h2-12,18,23H,1H3. The molecule has 3 aromatic rings. The zero-order valence-corrected chi connectivity index (χ0v) is 12.6. The van der Waals surface area contributed by atoms with E-state index in [0.29, 0.717) is 0 Å². The summed E-state index contributed by atoms with van der Waals surface area (Å²) >= 11 is 0. The first kappa shape index (κ1) is 15.6. The summed E-state index contributed by atoms with van der Waals surface area (Å²) in [5, 5.41) is 5.42. The molecule has 1 nitrogen and oxygen atoms in total. The summed E-state index contributed by atoms with van der Waals surface area (Å²) in [5.41, 5.74) is 1.19. The van der Waals surface area contributed by atoms with E-state index in [1.165, 1.54) is 12.1 Å². The third-order valence-corrected chi connectivity index (χ3v) is 3.97. The van der Waals surface area contributed by atoms with E-state index in [9.17, 15) is 13.2 Å². The van der Waals surface area contributed by atoms with Gasteiger partial charge in [0.15, 0.2) is 0 Å². The molecule has 0 spiro atoms. The molecule has 0 saturated heterocycles. The SMILES string of the molecule is CNC(c1ccc(C(F)(F)F)cc1)c1ccc2ccccc2c1. The van der Waals surface area contributed by atoms with E-state index in [-0.39, 0.29) is 6.04 Å². The topological polar surface area (TPSA) is 12.0 Å². The van der Waals surface area contributed by atoms with E-state index in [1.807, 2.05) is 36.4 Å². The van der Waals surface area contributed by atoms with Gasteiger partial charge >= 0.3 is 6.18 Å². The minimum absolute atomic E-state index is 0.151. The molecule has 1 unspecified atom stereocenters. The van der Waals surface area contributed by atoms with Gasteiger partial charge in [0, 0.05) is 0 Å². The number of hydrogen-bond donors (Lipinski definition) is 1. The summed E-state index contributed by atoms with van der Waals surface area (Å²) < 4.78 is 38.1. The Morgan fingerprint density at radius 2 is 1.39 bits per heavy atom. The van der Waals surface area contributed by atoms with Gasteiger partial charge in [-0.1, -0.05) is 48.5 Å². The molecule has 0 aliphatic carbocycles. The normalized spacial score (nSPS) is 13.2. The quantitative estimate of drug-likeness (QED) is 0.703. The van der Waals surface area contributed by atoms with Crippen LogP contribution in [0.2, 0.25) is 0 Å². The molecule has 0 radical (unpaired) electrons. The van der Waals surface area contributed by atoms with Gasteiger partial charge in [-0.05, 0) is 47.1 Å². The molecular weight excluding hydrogens is 299 g/mol. The van der Waals surface area contributed by atoms with Crippen LogP contribution >= 0.6 is 0 Å². The van der Waals surface area contributed by atoms with Crippen LogP contribution in [0.25, 0.3) is 10.8 Å². The van der Waals surface area contributed by atoms with Crippen LogP contribution in [0.5, 0.6) is 0 Å². The number of nitrogens with one attached hydrogen (secondary N) is 1. The summed E-state index contributed by atoms with van der Waals surface area (Å²) in [6, 6.07) is 19.3. The lowest BCUT2D eigenvalue weighted by Crippen LogP contribution is -2.18. The van der Waals surface area contributed by atoms with Crippen LogP contribution in [-0.4, -0.2) is 7.05 Å². The van der Waals surface area contributed by atoms with E-state index in [2.05, 4.69) is 11.4 Å². The number of benzene rings is 3. The first-order valence-electron chi connectivity index (χ1n) is 7.32. The molecule has 0 heterocycles. The van der Waals surface area contributed by atoms with E-state index >= 15 is 0 Å². The maximum Gasteiger partial charge on any atom is 0.416 e. The lowest BCUT2D eigenvalue weighted by Gasteiger charge is -2.18. The molecule has 23 heavy (non-hydrogen) atoms. The number of hydrogen-bond acceptors (Lipinski definition) is 1. The maximum atomic E-state index is 12.7. The Labute approximate surface area is 132 Å². The predicted octanol–water partition coefficient (Wildman–Crippen LogP) is 5.17. The molecule has 0 bridgehead atoms. The average molecular weight is 315 g/mol. The van der Waals surface area contributed by atoms with Gasteiger partial charge < -0.3 is 5.32 Å². The first-order valence-corrected chi connectivity index (χ1v) is 7.32. The fourth-order valence-corrected chi connectivity index (χ4v) is 2.78. The minimum Gasteiger partial charge on any atom is -0.309 e. The lowest BCUT2D eigenvalue weighted by atomic mass is 9.95. The molecule has 0 aliphatic rings. The molecular formula is C19H16F3N. The summed E-state index contributed by atoms with van der Waals surface area (Å²) in [5.74, 6) is 0. The molecule has 0 amide bonds. The lowest BCUT2D eigenvalue weighted by molar-refractivity contribution is -0.137. The van der Waals surface area contributed by atoms with E-state index in [4.69, 9.17) is 0 Å². The molecule has 3 rings (SSSR count). The highest BCUT2D eigenvalue weighted by Gasteiger charge is 2.30. The predicted molar refractivity (Wildman–Crippen MR) is 86.3 cm³/mol. The fourth-order valence-electron chi connectivity index (χ4n) is 2.78. The zero-order chi connectivity index (χ0) is 16.4. The van der Waals surface area contributed by atoms with E-state index in [1.54, 1.807) is 7.05 Å². The van der Waals surface area contributed by atoms with Crippen LogP contribution in [-0.2, 0) is 6.18 Å². The highest BCUT2D eigenvalue weighted by molar-refractivity contribution is 5.83. The highest BCUT2D eigenvalue weighted by Crippen LogP contribution is 2.31. The summed E-state index contributed by atoms with van der Waals surface area (Å²) in [7, 11) is 1.80. The summed E-state index contributed by atoms with van der Waals surface area (Å²) in [6.07, 6.45) is -4.31. The molecule has 0 saturated carbocycles. The fraction of sp³-hybridized carbons (Fsp3) is 0.158. The number of halogens is 3. The molecule has 4 heteroatoms. The van der Waals surface area contributed by atoms with Crippen molar-refractivity contribution in [1.29, 1.82) is 0 Å². The Morgan fingerprint density at radius 3 is 2.00 bits per heavy atom. The van der Waals surface area contributed by atoms with Crippen molar-refractivity contribution < 1.29 is 13.2 Å². The van der Waals surface area contributed by atoms with Crippen LogP contribution in [0.15, 0.2) is 66.7 Å². The molecule has 3 aromatic carbocycles. The van der Waals surface area contributed by atoms with Crippen molar-refractivity contribution >= 4 is 10.8 Å². The zero-order valence-electron chi connectivity index (χ0n) is 12.6. The Kier molecular flexibility index (Phi) is 4.09. The van der Waals surface area contributed by atoms with Gasteiger partial charge in [-0.25, -0.2) is 0 Å². The maximum absolute atomic E-state index is 12.7. The van der Waals surface area contributed by atoms with E-state index < -0.39 is 11.7 Å². The van der Waals surface area contributed by atoms with Gasteiger partial charge in [0.25, 0.3) is 0 Å². The molecule has 118 valence electrons. The molecule has 0 aliphatic heterocycles. The van der Waals surface area contributed by atoms with Gasteiger partial charge in [0.05, 0.1) is 11.6 Å². The number of fused-ring (bicyclic) bond motifs is 1. The average Bonchev–Trinajstić information content (AvgIpc) is 2.55. The smallest absolute Gasteiger partial charge is 0.309 e. The van der Waals surface area contributed by atoms with Crippen molar-refractivity contribution in [2.45, 2.75) is 12.2 Å². The monoisotopic (exact) mass is 315 g/mol. The van der Waals surface area contributed by atoms with Gasteiger partial charge in [-0.3, -0.25) is 0 Å². The second-order valence-corrected chi connectivity index (χ2v) is 5.45. The highest BCUT2D eigenvalue weighted by atomic mass is 19.4. The molecule has 0 aromatic heterocycles. The summed E-state index contributed by atoms with van der Waals surface area (Å²) in [6.45, 7) is 0. The Bertz CT molecular complexity index is 807. The largest absolute Gasteiger partial charge is 0.416 e. The van der Waals surface area contributed by atoms with Crippen molar-refractivity contribution in [3.8, 4) is 0 Å². The van der Waals surface area contributed by atoms with Crippen molar-refractivity contribution in [2.75, 3.05) is 7.05 Å². The van der Waals surface area contributed by atoms with Gasteiger partial charge in [-0.15, -0.1) is 0 Å². The second kappa shape index (κ2) is 6.05. The van der Waals surface area contributed by atoms with Gasteiger partial charge in [-0.2, -0.15) is 13.2 Å². The van der Waals surface area contributed by atoms with Crippen molar-refractivity contribution in [3.63, 3.8) is 0 Å². The molecule has 1 atom stereocenters. The van der Waals surface area contributed by atoms with Gasteiger partial charge in [0.2, 0.25) is 0 Å². The third-order valence-electron chi connectivity index (χ3n) is 3.97. The first-order chi connectivity index (χ1) is 11.0. The molecule has 0 fully saturated rings. The van der Waals surface area contributed by atoms with Crippen molar-refractivity contribution in [1.82, 2.24) is 5.32 Å². The minimum atomic E-state index is -4.31. The number of rotatable bonds is 3. The Morgan fingerprint density at radius 1 is 0.783 bits per heavy atom. The van der Waals surface area contributed by atoms with Crippen LogP contribution in [0.3, 0.4) is 0 Å². The van der Waals surface area contributed by atoms with Gasteiger partial charge in [0.1, 0.15) is 0 Å².